The van der Waals surface area contributed by atoms with Crippen LogP contribution in [0.1, 0.15) is 13.3 Å². The topological polar surface area (TPSA) is 49.3 Å². The number of piperidine rings is 1. The molecule has 0 aromatic carbocycles. The van der Waals surface area contributed by atoms with Gasteiger partial charge in [0.2, 0.25) is 0 Å². The molecule has 3 heteroatoms. The fourth-order valence-electron chi connectivity index (χ4n) is 1.91. The largest absolute Gasteiger partial charge is 0.480 e. The molecule has 1 saturated carbocycles. The van der Waals surface area contributed by atoms with Crippen LogP contribution in [-0.4, -0.2) is 23.7 Å². The smallest absolute Gasteiger partial charge is 0.321 e. The van der Waals surface area contributed by atoms with Crippen molar-refractivity contribution in [1.82, 2.24) is 5.32 Å². The molecule has 1 heterocycles. The number of rotatable bonds is 1. The van der Waals surface area contributed by atoms with Gasteiger partial charge in [-0.05, 0) is 17.8 Å². The summed E-state index contributed by atoms with van der Waals surface area (Å²) >= 11 is 0. The Kier molecular flexibility index (Phi) is 0.944. The maximum atomic E-state index is 10.5. The molecule has 2 N–H and O–H groups in total. The van der Waals surface area contributed by atoms with Gasteiger partial charge in [-0.15, -0.1) is 0 Å². The van der Waals surface area contributed by atoms with Crippen molar-refractivity contribution in [1.29, 1.82) is 0 Å². The molecule has 2 aliphatic rings. The summed E-state index contributed by atoms with van der Waals surface area (Å²) in [6.07, 6.45) is 1.09. The van der Waals surface area contributed by atoms with E-state index in [1.54, 1.807) is 0 Å². The summed E-state index contributed by atoms with van der Waals surface area (Å²) in [6, 6.07) is -0.259. The van der Waals surface area contributed by atoms with E-state index in [-0.39, 0.29) is 6.04 Å². The van der Waals surface area contributed by atoms with Crippen LogP contribution < -0.4 is 5.32 Å². The van der Waals surface area contributed by atoms with Gasteiger partial charge < -0.3 is 10.4 Å². The van der Waals surface area contributed by atoms with Gasteiger partial charge in [0.15, 0.2) is 0 Å². The van der Waals surface area contributed by atoms with Gasteiger partial charge in [-0.1, -0.05) is 6.92 Å². The predicted octanol–water partition coefficient (Wildman–Crippen LogP) is 0.0690. The van der Waals surface area contributed by atoms with Crippen molar-refractivity contribution in [2.75, 3.05) is 6.54 Å². The summed E-state index contributed by atoms with van der Waals surface area (Å²) in [5.74, 6) is -0.281. The molecule has 0 aromatic heterocycles. The van der Waals surface area contributed by atoms with Gasteiger partial charge in [-0.25, -0.2) is 0 Å². The minimum Gasteiger partial charge on any atom is -0.480 e. The SMILES string of the molecule is CC12CN[C@H](C(=O)O)C1C2. The number of aliphatic carboxylic acids is 1. The Balaban J connectivity index is 2.11. The molecular weight excluding hydrogens is 130 g/mol. The van der Waals surface area contributed by atoms with E-state index in [2.05, 4.69) is 12.2 Å². The van der Waals surface area contributed by atoms with Gasteiger partial charge in [0.1, 0.15) is 6.04 Å². The second-order valence-electron chi connectivity index (χ2n) is 3.66. The van der Waals surface area contributed by atoms with E-state index in [1.807, 2.05) is 0 Å². The lowest BCUT2D eigenvalue weighted by atomic mass is 10.1. The summed E-state index contributed by atoms with van der Waals surface area (Å²) in [5, 5.41) is 11.7. The van der Waals surface area contributed by atoms with Gasteiger partial charge in [0.25, 0.3) is 0 Å². The van der Waals surface area contributed by atoms with E-state index in [9.17, 15) is 4.79 Å². The van der Waals surface area contributed by atoms with Crippen LogP contribution in [0.4, 0.5) is 0 Å². The fraction of sp³-hybridized carbons (Fsp3) is 0.857. The first-order chi connectivity index (χ1) is 4.63. The average molecular weight is 141 g/mol. The molecule has 56 valence electrons. The van der Waals surface area contributed by atoms with E-state index in [0.717, 1.165) is 13.0 Å². The van der Waals surface area contributed by atoms with Gasteiger partial charge in [-0.2, -0.15) is 0 Å². The summed E-state index contributed by atoms with van der Waals surface area (Å²) in [4.78, 5) is 10.5. The van der Waals surface area contributed by atoms with E-state index in [0.29, 0.717) is 11.3 Å². The van der Waals surface area contributed by atoms with Crippen molar-refractivity contribution in [3.05, 3.63) is 0 Å². The number of hydrogen-bond acceptors (Lipinski definition) is 2. The zero-order valence-electron chi connectivity index (χ0n) is 5.92. The molecule has 0 spiro atoms. The van der Waals surface area contributed by atoms with Crippen molar-refractivity contribution in [3.63, 3.8) is 0 Å². The zero-order valence-corrected chi connectivity index (χ0v) is 5.92. The lowest BCUT2D eigenvalue weighted by molar-refractivity contribution is -0.139. The highest BCUT2D eigenvalue weighted by Gasteiger charge is 2.60. The van der Waals surface area contributed by atoms with E-state index < -0.39 is 5.97 Å². The third-order valence-corrected chi connectivity index (χ3v) is 2.82. The van der Waals surface area contributed by atoms with E-state index in [4.69, 9.17) is 5.11 Å². The molecule has 2 rings (SSSR count). The maximum absolute atomic E-state index is 10.5. The molecule has 3 nitrogen and oxygen atoms in total. The fourth-order valence-corrected chi connectivity index (χ4v) is 1.91. The lowest BCUT2D eigenvalue weighted by Crippen LogP contribution is -2.34. The van der Waals surface area contributed by atoms with Crippen LogP contribution in [0.15, 0.2) is 0 Å². The number of fused-ring (bicyclic) bond motifs is 1. The van der Waals surface area contributed by atoms with Gasteiger partial charge in [0, 0.05) is 6.54 Å². The van der Waals surface area contributed by atoms with Gasteiger partial charge in [0.05, 0.1) is 0 Å². The van der Waals surface area contributed by atoms with Gasteiger partial charge in [-0.3, -0.25) is 4.79 Å². The molecule has 2 fully saturated rings. The Morgan fingerprint density at radius 1 is 1.80 bits per heavy atom. The van der Waals surface area contributed by atoms with Crippen LogP contribution in [0.25, 0.3) is 0 Å². The monoisotopic (exact) mass is 141 g/mol. The van der Waals surface area contributed by atoms with Crippen molar-refractivity contribution in [2.24, 2.45) is 11.3 Å². The average Bonchev–Trinajstić information content (AvgIpc) is 2.36. The third kappa shape index (κ3) is 0.611. The summed E-state index contributed by atoms with van der Waals surface area (Å²) in [5.41, 5.74) is 0.322. The molecule has 0 bridgehead atoms. The molecule has 0 aromatic rings. The number of carbonyl (C=O) groups is 1. The molecule has 1 saturated heterocycles. The molecular formula is C7H11NO2. The molecule has 2 unspecified atom stereocenters. The normalized spacial score (nSPS) is 50.5. The highest BCUT2D eigenvalue weighted by Crippen LogP contribution is 2.57. The number of carboxylic acid groups (broad SMARTS) is 1. The van der Waals surface area contributed by atoms with E-state index in [1.165, 1.54) is 0 Å². The van der Waals surface area contributed by atoms with Crippen molar-refractivity contribution in [3.8, 4) is 0 Å². The third-order valence-electron chi connectivity index (χ3n) is 2.82. The number of carboxylic acids is 1. The van der Waals surface area contributed by atoms with Crippen LogP contribution in [0, 0.1) is 11.3 Å². The second-order valence-corrected chi connectivity index (χ2v) is 3.66. The standard InChI is InChI=1S/C7H11NO2/c1-7-2-4(7)5(6(9)10)8-3-7/h4-5,8H,2-3H2,1H3,(H,9,10)/t4?,5-,7?/m0/s1. The second kappa shape index (κ2) is 1.53. The number of nitrogens with one attached hydrogen (secondary N) is 1. The Bertz CT molecular complexity index is 192. The minimum absolute atomic E-state index is 0.259. The molecule has 3 atom stereocenters. The zero-order chi connectivity index (χ0) is 7.35. The van der Waals surface area contributed by atoms with E-state index >= 15 is 0 Å². The van der Waals surface area contributed by atoms with Crippen LogP contribution in [-0.2, 0) is 4.79 Å². The number of hydrogen-bond donors (Lipinski definition) is 2. The Morgan fingerprint density at radius 3 is 2.70 bits per heavy atom. The molecule has 10 heavy (non-hydrogen) atoms. The minimum atomic E-state index is -0.689. The van der Waals surface area contributed by atoms with Crippen LogP contribution in [0.2, 0.25) is 0 Å². The van der Waals surface area contributed by atoms with Crippen molar-refractivity contribution < 1.29 is 9.90 Å². The highest BCUT2D eigenvalue weighted by molar-refractivity contribution is 5.75. The maximum Gasteiger partial charge on any atom is 0.321 e. The molecule has 1 aliphatic heterocycles. The Labute approximate surface area is 59.4 Å². The highest BCUT2D eigenvalue weighted by atomic mass is 16.4. The van der Waals surface area contributed by atoms with Crippen molar-refractivity contribution >= 4 is 5.97 Å². The van der Waals surface area contributed by atoms with Crippen LogP contribution in [0.5, 0.6) is 0 Å². The summed E-state index contributed by atoms with van der Waals surface area (Å²) in [7, 11) is 0. The van der Waals surface area contributed by atoms with Crippen LogP contribution >= 0.6 is 0 Å². The molecule has 0 radical (unpaired) electrons. The Hall–Kier alpha value is -0.570. The Morgan fingerprint density at radius 2 is 2.50 bits per heavy atom. The van der Waals surface area contributed by atoms with Crippen molar-refractivity contribution in [2.45, 2.75) is 19.4 Å². The van der Waals surface area contributed by atoms with Gasteiger partial charge >= 0.3 is 5.97 Å². The predicted molar refractivity (Wildman–Crippen MR) is 35.6 cm³/mol. The van der Waals surface area contributed by atoms with Crippen LogP contribution in [0.3, 0.4) is 0 Å². The first kappa shape index (κ1) is 6.16. The first-order valence-electron chi connectivity index (χ1n) is 3.60. The molecule has 0 amide bonds. The summed E-state index contributed by atoms with van der Waals surface area (Å²) in [6.45, 7) is 3.03. The first-order valence-corrected chi connectivity index (χ1v) is 3.60. The lowest BCUT2D eigenvalue weighted by Gasteiger charge is -2.05. The molecule has 1 aliphatic carbocycles. The summed E-state index contributed by atoms with van der Waals surface area (Å²) < 4.78 is 0. The quantitative estimate of drug-likeness (QED) is 0.543.